The molecule has 0 aliphatic carbocycles. The lowest BCUT2D eigenvalue weighted by molar-refractivity contribution is -0.142. The van der Waals surface area contributed by atoms with Crippen molar-refractivity contribution in [2.45, 2.75) is 95.8 Å². The Morgan fingerprint density at radius 1 is 1.04 bits per heavy atom. The molecule has 0 radical (unpaired) electrons. The number of fused-ring (bicyclic) bond motifs is 3. The van der Waals surface area contributed by atoms with Gasteiger partial charge in [0.05, 0.1) is 37.8 Å². The molecule has 17 heteroatoms. The fourth-order valence-corrected chi connectivity index (χ4v) is 6.75. The van der Waals surface area contributed by atoms with Crippen LogP contribution in [0, 0.1) is 5.92 Å². The lowest BCUT2D eigenvalue weighted by Gasteiger charge is -2.29. The van der Waals surface area contributed by atoms with Gasteiger partial charge in [0, 0.05) is 25.9 Å². The molecular weight excluding hydrogens is 698 g/mol. The summed E-state index contributed by atoms with van der Waals surface area (Å²) in [5.74, 6) is -3.91. The molecule has 0 spiro atoms. The predicted octanol–water partition coefficient (Wildman–Crippen LogP) is -0.562. The second-order valence-electron chi connectivity index (χ2n) is 14.1. The number of benzene rings is 2. The molecule has 1 saturated heterocycles. The molecule has 0 saturated carbocycles. The zero-order valence-electron chi connectivity index (χ0n) is 30.5. The minimum Gasteiger partial charge on any atom is -0.390 e. The number of aliphatic hydroxyl groups excluding tert-OH is 1. The van der Waals surface area contributed by atoms with Gasteiger partial charge in [0.15, 0.2) is 0 Å². The molecule has 1 fully saturated rings. The first-order chi connectivity index (χ1) is 25.9. The number of nitrogens with zero attached hydrogens (tertiary/aromatic N) is 4. The molecule has 0 unspecified atom stereocenters. The van der Waals surface area contributed by atoms with Gasteiger partial charge in [-0.05, 0) is 47.9 Å². The Labute approximate surface area is 312 Å². The minimum atomic E-state index is -1.34. The zero-order chi connectivity index (χ0) is 38.8. The van der Waals surface area contributed by atoms with Crippen LogP contribution in [0.1, 0.15) is 57.2 Å². The first kappa shape index (κ1) is 39.8. The van der Waals surface area contributed by atoms with Crippen LogP contribution in [0.5, 0.6) is 0 Å². The summed E-state index contributed by atoms with van der Waals surface area (Å²) in [6.45, 7) is 3.47. The van der Waals surface area contributed by atoms with Crippen LogP contribution in [0.4, 0.5) is 0 Å². The third-order valence-electron chi connectivity index (χ3n) is 9.58. The smallest absolute Gasteiger partial charge is 0.246 e. The molecular formula is C37H49N9O8. The highest BCUT2D eigenvalue weighted by atomic mass is 16.5. The summed E-state index contributed by atoms with van der Waals surface area (Å²) in [5, 5.41) is 31.4. The highest BCUT2D eigenvalue weighted by molar-refractivity contribution is 5.97. The number of ether oxygens (including phenoxy) is 1. The van der Waals surface area contributed by atoms with Crippen LogP contribution in [-0.2, 0) is 53.1 Å². The summed E-state index contributed by atoms with van der Waals surface area (Å²) < 4.78 is 7.54. The number of aliphatic hydroxyl groups is 1. The molecule has 0 bridgehead atoms. The van der Waals surface area contributed by atoms with Crippen LogP contribution in [0.25, 0.3) is 10.8 Å². The maximum atomic E-state index is 14.3. The fraction of sp³-hybridized carbons (Fsp3) is 0.514. The van der Waals surface area contributed by atoms with E-state index in [0.717, 1.165) is 10.8 Å². The number of nitrogens with two attached hydrogens (primary N) is 1. The van der Waals surface area contributed by atoms with Crippen molar-refractivity contribution < 1.29 is 38.6 Å². The van der Waals surface area contributed by atoms with E-state index in [4.69, 9.17) is 10.5 Å². The molecule has 7 N–H and O–H groups in total. The molecule has 5 atom stereocenters. The van der Waals surface area contributed by atoms with E-state index in [1.807, 2.05) is 56.3 Å². The maximum absolute atomic E-state index is 14.3. The molecule has 290 valence electrons. The van der Waals surface area contributed by atoms with Gasteiger partial charge in [0.1, 0.15) is 24.2 Å². The van der Waals surface area contributed by atoms with E-state index in [2.05, 4.69) is 31.6 Å². The highest BCUT2D eigenvalue weighted by Gasteiger charge is 2.42. The van der Waals surface area contributed by atoms with E-state index in [9.17, 15) is 33.9 Å². The van der Waals surface area contributed by atoms with E-state index in [0.29, 0.717) is 30.6 Å². The molecule has 1 aromatic heterocycles. The number of aromatic nitrogens is 3. The SMILES string of the molecule is CC(C)C[C@H](NC(=O)[C@@H]1COCc2cnnn2CCCCC(=O)NCC(=O)N2CC[C@@H](O)[C@H]2C(=O)N[C@@H](Cc2cccc3ccccc23)C(=O)N1)C(N)=O. The Hall–Kier alpha value is -5.42. The lowest BCUT2D eigenvalue weighted by Crippen LogP contribution is -2.60. The molecule has 2 aliphatic rings. The molecule has 17 nitrogen and oxygen atoms in total. The first-order valence-corrected chi connectivity index (χ1v) is 18.3. The molecule has 2 aromatic carbocycles. The van der Waals surface area contributed by atoms with Gasteiger partial charge in [-0.3, -0.25) is 28.8 Å². The maximum Gasteiger partial charge on any atom is 0.246 e. The van der Waals surface area contributed by atoms with Crippen molar-refractivity contribution in [3.8, 4) is 0 Å². The monoisotopic (exact) mass is 747 g/mol. The Bertz CT molecular complexity index is 1830. The molecule has 54 heavy (non-hydrogen) atoms. The van der Waals surface area contributed by atoms with Crippen molar-refractivity contribution in [2.75, 3.05) is 19.7 Å². The zero-order valence-corrected chi connectivity index (χ0v) is 30.5. The van der Waals surface area contributed by atoms with Crippen LogP contribution in [0.15, 0.2) is 48.7 Å². The summed E-state index contributed by atoms with van der Waals surface area (Å²) in [4.78, 5) is 81.4. The Kier molecular flexibility index (Phi) is 13.7. The highest BCUT2D eigenvalue weighted by Crippen LogP contribution is 2.22. The Balaban J connectivity index is 1.48. The van der Waals surface area contributed by atoms with Crippen molar-refractivity contribution in [1.82, 2.24) is 41.2 Å². The van der Waals surface area contributed by atoms with Crippen molar-refractivity contribution in [1.29, 1.82) is 0 Å². The van der Waals surface area contributed by atoms with Crippen LogP contribution in [-0.4, -0.2) is 110 Å². The van der Waals surface area contributed by atoms with Gasteiger partial charge < -0.3 is 41.7 Å². The van der Waals surface area contributed by atoms with E-state index in [1.165, 1.54) is 11.1 Å². The molecule has 6 amide bonds. The third kappa shape index (κ3) is 10.4. The van der Waals surface area contributed by atoms with Gasteiger partial charge in [-0.15, -0.1) is 5.10 Å². The fourth-order valence-electron chi connectivity index (χ4n) is 6.75. The van der Waals surface area contributed by atoms with Gasteiger partial charge in [-0.25, -0.2) is 4.68 Å². The number of rotatable bonds is 7. The molecule has 3 aromatic rings. The number of amides is 6. The summed E-state index contributed by atoms with van der Waals surface area (Å²) in [5.41, 5.74) is 6.91. The average molecular weight is 748 g/mol. The minimum absolute atomic E-state index is 0.0103. The number of aryl methyl sites for hydroxylation is 1. The predicted molar refractivity (Wildman–Crippen MR) is 195 cm³/mol. The quantitative estimate of drug-likeness (QED) is 0.180. The summed E-state index contributed by atoms with van der Waals surface area (Å²) in [6, 6.07) is 8.08. The average Bonchev–Trinajstić information content (AvgIpc) is 3.76. The van der Waals surface area contributed by atoms with Gasteiger partial charge >= 0.3 is 0 Å². The van der Waals surface area contributed by atoms with Crippen LogP contribution >= 0.6 is 0 Å². The van der Waals surface area contributed by atoms with E-state index in [1.54, 1.807) is 4.68 Å². The molecule has 3 heterocycles. The number of carbonyl (C=O) groups excluding carboxylic acids is 6. The topological polar surface area (TPSA) is 240 Å². The Morgan fingerprint density at radius 3 is 2.59 bits per heavy atom. The van der Waals surface area contributed by atoms with Gasteiger partial charge in [-0.2, -0.15) is 0 Å². The van der Waals surface area contributed by atoms with Gasteiger partial charge in [0.25, 0.3) is 0 Å². The Morgan fingerprint density at radius 2 is 1.81 bits per heavy atom. The standard InChI is InChI=1S/C37H49N9O8/c1-22(2)16-27(34(38)50)41-36(52)29-21-54-20-25-18-40-44-46(25)14-6-5-12-31(48)39-19-32(49)45-15-13-30(47)33(45)37(53)42-28(35(51)43-29)17-24-10-7-9-23-8-3-4-11-26(23)24/h3-4,7-11,18,22,27-30,33,47H,5-6,12-17,19-21H2,1-2H3,(H2,38,50)(H,39,48)(H,41,52)(H,42,53)(H,43,51)/t27-,28-,29-,30+,33-/m0/s1. The first-order valence-electron chi connectivity index (χ1n) is 18.3. The third-order valence-corrected chi connectivity index (χ3v) is 9.58. The number of nitrogens with one attached hydrogen (secondary N) is 4. The van der Waals surface area contributed by atoms with Crippen molar-refractivity contribution in [3.05, 3.63) is 59.9 Å². The van der Waals surface area contributed by atoms with E-state index < -0.39 is 59.8 Å². The molecule has 2 aliphatic heterocycles. The number of hydrogen-bond donors (Lipinski definition) is 6. The summed E-state index contributed by atoms with van der Waals surface area (Å²) >= 11 is 0. The summed E-state index contributed by atoms with van der Waals surface area (Å²) in [7, 11) is 0. The van der Waals surface area contributed by atoms with Crippen molar-refractivity contribution >= 4 is 46.2 Å². The van der Waals surface area contributed by atoms with Crippen molar-refractivity contribution in [3.63, 3.8) is 0 Å². The van der Waals surface area contributed by atoms with Gasteiger partial charge in [0.2, 0.25) is 35.4 Å². The van der Waals surface area contributed by atoms with E-state index in [-0.39, 0.29) is 63.8 Å². The van der Waals surface area contributed by atoms with Crippen LogP contribution in [0.3, 0.4) is 0 Å². The second kappa shape index (κ2) is 18.6. The number of primary amides is 1. The second-order valence-corrected chi connectivity index (χ2v) is 14.1. The lowest BCUT2D eigenvalue weighted by atomic mass is 9.97. The van der Waals surface area contributed by atoms with Gasteiger partial charge in [-0.1, -0.05) is 61.5 Å². The molecule has 5 rings (SSSR count). The number of carbonyl (C=O) groups is 6. The largest absolute Gasteiger partial charge is 0.390 e. The number of hydrogen-bond acceptors (Lipinski definition) is 10. The van der Waals surface area contributed by atoms with Crippen LogP contribution in [0.2, 0.25) is 0 Å². The van der Waals surface area contributed by atoms with E-state index >= 15 is 0 Å². The van der Waals surface area contributed by atoms with Crippen molar-refractivity contribution in [2.24, 2.45) is 11.7 Å². The van der Waals surface area contributed by atoms with Crippen LogP contribution < -0.4 is 27.0 Å². The normalized spacial score (nSPS) is 23.0. The summed E-state index contributed by atoms with van der Waals surface area (Å²) in [6.07, 6.45) is 1.80.